The van der Waals surface area contributed by atoms with E-state index in [2.05, 4.69) is 0 Å². The number of halogens is 3. The summed E-state index contributed by atoms with van der Waals surface area (Å²) < 4.78 is 26.3. The van der Waals surface area contributed by atoms with Crippen molar-refractivity contribution in [3.63, 3.8) is 0 Å². The number of nitrogens with zero attached hydrogens (tertiary/aromatic N) is 1. The predicted molar refractivity (Wildman–Crippen MR) is 59.1 cm³/mol. The number of alkyl halides is 1. The molecule has 0 saturated heterocycles. The lowest BCUT2D eigenvalue weighted by atomic mass is 10.0. The maximum absolute atomic E-state index is 13.3. The van der Waals surface area contributed by atoms with Crippen molar-refractivity contribution in [1.29, 1.82) is 0 Å². The summed E-state index contributed by atoms with van der Waals surface area (Å²) in [4.78, 5) is 9.89. The van der Waals surface area contributed by atoms with Crippen LogP contribution in [0.2, 0.25) is 0 Å². The molecule has 0 spiro atoms. The molecule has 0 amide bonds. The van der Waals surface area contributed by atoms with Crippen LogP contribution in [-0.2, 0) is 6.42 Å². The maximum Gasteiger partial charge on any atom is 0.308 e. The molecular formula is C11H10ClF2NO2. The molecule has 92 valence electrons. The van der Waals surface area contributed by atoms with Crippen LogP contribution in [0, 0.1) is 27.7 Å². The molecular weight excluding hydrogens is 252 g/mol. The quantitative estimate of drug-likeness (QED) is 0.473. The largest absolute Gasteiger partial charge is 0.308 e. The molecule has 0 bridgehead atoms. The van der Waals surface area contributed by atoms with Gasteiger partial charge in [0.1, 0.15) is 5.82 Å². The van der Waals surface area contributed by atoms with Gasteiger partial charge in [-0.25, -0.2) is 4.39 Å². The molecule has 0 radical (unpaired) electrons. The molecule has 1 saturated carbocycles. The number of nitro benzene ring substituents is 1. The fourth-order valence-corrected chi connectivity index (χ4v) is 2.23. The Labute approximate surface area is 102 Å². The van der Waals surface area contributed by atoms with Crippen LogP contribution in [0.25, 0.3) is 0 Å². The summed E-state index contributed by atoms with van der Waals surface area (Å²) in [6, 6.07) is 1.50. The Bertz CT molecular complexity index is 463. The van der Waals surface area contributed by atoms with Gasteiger partial charge in [0.05, 0.1) is 4.92 Å². The predicted octanol–water partition coefficient (Wildman–Crippen LogP) is 3.43. The normalized spacial score (nSPS) is 16.9. The van der Waals surface area contributed by atoms with Gasteiger partial charge in [0.15, 0.2) is 0 Å². The number of rotatable bonds is 4. The molecule has 0 aromatic heterocycles. The minimum atomic E-state index is -1.15. The molecule has 0 N–H and O–H groups in total. The van der Waals surface area contributed by atoms with E-state index in [9.17, 15) is 18.9 Å². The monoisotopic (exact) mass is 261 g/mol. The summed E-state index contributed by atoms with van der Waals surface area (Å²) >= 11 is 6.03. The van der Waals surface area contributed by atoms with Gasteiger partial charge in [-0.05, 0) is 31.2 Å². The average Bonchev–Trinajstić information content (AvgIpc) is 2.97. The van der Waals surface area contributed by atoms with Crippen LogP contribution < -0.4 is 0 Å². The highest BCUT2D eigenvalue weighted by molar-refractivity contribution is 6.21. The topological polar surface area (TPSA) is 43.1 Å². The van der Waals surface area contributed by atoms with Crippen molar-refractivity contribution in [2.45, 2.75) is 24.6 Å². The zero-order valence-corrected chi connectivity index (χ0v) is 9.58. The van der Waals surface area contributed by atoms with E-state index in [1.54, 1.807) is 0 Å². The maximum atomic E-state index is 13.3. The van der Waals surface area contributed by atoms with Crippen molar-refractivity contribution in [1.82, 2.24) is 0 Å². The number of nitro groups is 1. The molecule has 2 rings (SSSR count). The van der Waals surface area contributed by atoms with Gasteiger partial charge in [-0.2, -0.15) is 4.39 Å². The molecule has 1 aromatic carbocycles. The Morgan fingerprint density at radius 1 is 1.47 bits per heavy atom. The van der Waals surface area contributed by atoms with Crippen molar-refractivity contribution in [3.05, 3.63) is 39.4 Å². The van der Waals surface area contributed by atoms with Crippen molar-refractivity contribution < 1.29 is 13.7 Å². The third-order valence-electron chi connectivity index (χ3n) is 2.84. The third kappa shape index (κ3) is 2.72. The summed E-state index contributed by atoms with van der Waals surface area (Å²) in [5, 5.41) is 10.4. The second kappa shape index (κ2) is 4.56. The van der Waals surface area contributed by atoms with Crippen molar-refractivity contribution in [3.8, 4) is 0 Å². The molecule has 6 heteroatoms. The Morgan fingerprint density at radius 2 is 2.12 bits per heavy atom. The first-order valence-corrected chi connectivity index (χ1v) is 5.69. The first-order valence-electron chi connectivity index (χ1n) is 5.25. The van der Waals surface area contributed by atoms with Crippen molar-refractivity contribution in [2.75, 3.05) is 0 Å². The van der Waals surface area contributed by atoms with E-state index in [1.807, 2.05) is 0 Å². The first kappa shape index (κ1) is 12.2. The van der Waals surface area contributed by atoms with Crippen LogP contribution in [-0.4, -0.2) is 10.3 Å². The highest BCUT2D eigenvalue weighted by atomic mass is 35.5. The summed E-state index contributed by atoms with van der Waals surface area (Å²) in [6.07, 6.45) is 2.07. The smallest absolute Gasteiger partial charge is 0.258 e. The standard InChI is InChI=1S/C11H10ClF2NO2/c12-9(6-1-2-6)4-7-3-8(13)5-10(14)11(7)15(16)17/h3,5-6,9H,1-2,4H2. The van der Waals surface area contributed by atoms with Crippen LogP contribution in [0.1, 0.15) is 18.4 Å². The van der Waals surface area contributed by atoms with Crippen LogP contribution in [0.5, 0.6) is 0 Å². The molecule has 1 aliphatic carbocycles. The van der Waals surface area contributed by atoms with Gasteiger partial charge < -0.3 is 0 Å². The van der Waals surface area contributed by atoms with Gasteiger partial charge in [0.25, 0.3) is 0 Å². The lowest BCUT2D eigenvalue weighted by molar-refractivity contribution is -0.388. The second-order valence-corrected chi connectivity index (χ2v) is 4.77. The zero-order chi connectivity index (χ0) is 12.6. The third-order valence-corrected chi connectivity index (χ3v) is 3.35. The molecule has 1 fully saturated rings. The summed E-state index contributed by atoms with van der Waals surface area (Å²) in [6.45, 7) is 0. The first-order chi connectivity index (χ1) is 7.99. The lowest BCUT2D eigenvalue weighted by Gasteiger charge is -2.08. The number of benzene rings is 1. The minimum absolute atomic E-state index is 0.0272. The van der Waals surface area contributed by atoms with Crippen LogP contribution >= 0.6 is 11.6 Å². The summed E-state index contributed by atoms with van der Waals surface area (Å²) in [7, 11) is 0. The molecule has 0 aliphatic heterocycles. The van der Waals surface area contributed by atoms with Gasteiger partial charge in [-0.1, -0.05) is 0 Å². The van der Waals surface area contributed by atoms with Crippen LogP contribution in [0.3, 0.4) is 0 Å². The van der Waals surface area contributed by atoms with E-state index < -0.39 is 22.2 Å². The molecule has 1 aromatic rings. The second-order valence-electron chi connectivity index (χ2n) is 4.21. The van der Waals surface area contributed by atoms with E-state index in [1.165, 1.54) is 0 Å². The van der Waals surface area contributed by atoms with Crippen LogP contribution in [0.4, 0.5) is 14.5 Å². The van der Waals surface area contributed by atoms with E-state index in [-0.39, 0.29) is 17.4 Å². The minimum Gasteiger partial charge on any atom is -0.258 e. The van der Waals surface area contributed by atoms with Gasteiger partial charge >= 0.3 is 5.69 Å². The lowest BCUT2D eigenvalue weighted by Crippen LogP contribution is -2.09. The average molecular weight is 262 g/mol. The number of hydrogen-bond donors (Lipinski definition) is 0. The van der Waals surface area contributed by atoms with Crippen LogP contribution in [0.15, 0.2) is 12.1 Å². The Kier molecular flexibility index (Phi) is 3.28. The SMILES string of the molecule is O=[N+]([O-])c1c(F)cc(F)cc1CC(Cl)C1CC1. The van der Waals surface area contributed by atoms with Gasteiger partial charge in [-0.15, -0.1) is 11.6 Å². The fraction of sp³-hybridized carbons (Fsp3) is 0.455. The molecule has 17 heavy (non-hydrogen) atoms. The highest BCUT2D eigenvalue weighted by Gasteiger charge is 2.32. The number of hydrogen-bond acceptors (Lipinski definition) is 2. The van der Waals surface area contributed by atoms with E-state index in [4.69, 9.17) is 11.6 Å². The molecule has 1 atom stereocenters. The zero-order valence-electron chi connectivity index (χ0n) is 8.83. The van der Waals surface area contributed by atoms with E-state index in [0.29, 0.717) is 12.0 Å². The van der Waals surface area contributed by atoms with E-state index in [0.717, 1.165) is 18.9 Å². The van der Waals surface area contributed by atoms with Crippen molar-refractivity contribution in [2.24, 2.45) is 5.92 Å². The molecule has 3 nitrogen and oxygen atoms in total. The Balaban J connectivity index is 2.32. The Hall–Kier alpha value is -1.23. The van der Waals surface area contributed by atoms with Gasteiger partial charge in [0, 0.05) is 17.0 Å². The molecule has 0 heterocycles. The summed E-state index contributed by atoms with van der Waals surface area (Å²) in [5.74, 6) is -1.66. The molecule has 1 aliphatic rings. The van der Waals surface area contributed by atoms with Gasteiger partial charge in [0.2, 0.25) is 5.82 Å². The fourth-order valence-electron chi connectivity index (χ4n) is 1.81. The molecule has 1 unspecified atom stereocenters. The summed E-state index contributed by atoms with van der Waals surface area (Å²) in [5.41, 5.74) is -0.642. The highest BCUT2D eigenvalue weighted by Crippen LogP contribution is 2.38. The van der Waals surface area contributed by atoms with Gasteiger partial charge in [-0.3, -0.25) is 10.1 Å². The van der Waals surface area contributed by atoms with E-state index >= 15 is 0 Å². The van der Waals surface area contributed by atoms with Crippen molar-refractivity contribution >= 4 is 17.3 Å². The Morgan fingerprint density at radius 3 is 2.65 bits per heavy atom.